The SMILES string of the molecule is CO[P+](=O)C1COC1=O. The molecule has 2 atom stereocenters. The zero-order valence-corrected chi connectivity index (χ0v) is 5.76. The highest BCUT2D eigenvalue weighted by molar-refractivity contribution is 7.41. The molecule has 0 amide bonds. The molecule has 1 saturated heterocycles. The maximum absolute atomic E-state index is 10.6. The summed E-state index contributed by atoms with van der Waals surface area (Å²) in [5.74, 6) is -0.419. The monoisotopic (exact) mass is 149 g/mol. The summed E-state index contributed by atoms with van der Waals surface area (Å²) in [6, 6.07) is 0. The van der Waals surface area contributed by atoms with Crippen LogP contribution in [0.1, 0.15) is 0 Å². The topological polar surface area (TPSA) is 52.6 Å². The predicted octanol–water partition coefficient (Wildman–Crippen LogP) is 0.301. The molecule has 1 aliphatic heterocycles. The van der Waals surface area contributed by atoms with Crippen LogP contribution in [0.2, 0.25) is 0 Å². The molecule has 0 saturated carbocycles. The highest BCUT2D eigenvalue weighted by Gasteiger charge is 2.48. The van der Waals surface area contributed by atoms with Crippen LogP contribution in [0.15, 0.2) is 0 Å². The number of esters is 1. The number of hydrogen-bond acceptors (Lipinski definition) is 4. The van der Waals surface area contributed by atoms with Crippen molar-refractivity contribution in [3.05, 3.63) is 0 Å². The van der Waals surface area contributed by atoms with Crippen LogP contribution in [0.4, 0.5) is 0 Å². The van der Waals surface area contributed by atoms with Crippen molar-refractivity contribution >= 4 is 14.0 Å². The molecule has 1 heterocycles. The average Bonchev–Trinajstić information content (AvgIpc) is 1.84. The minimum atomic E-state index is -1.82. The Hall–Kier alpha value is -0.470. The molecule has 1 aliphatic rings. The van der Waals surface area contributed by atoms with Crippen LogP contribution in [0, 0.1) is 0 Å². The highest BCUT2D eigenvalue weighted by Crippen LogP contribution is 2.33. The molecular weight excluding hydrogens is 143 g/mol. The maximum Gasteiger partial charge on any atom is 0.526 e. The van der Waals surface area contributed by atoms with Crippen molar-refractivity contribution in [3.8, 4) is 0 Å². The van der Waals surface area contributed by atoms with Crippen molar-refractivity contribution < 1.29 is 18.6 Å². The van der Waals surface area contributed by atoms with E-state index in [2.05, 4.69) is 9.26 Å². The minimum Gasteiger partial charge on any atom is -0.456 e. The predicted molar refractivity (Wildman–Crippen MR) is 29.4 cm³/mol. The van der Waals surface area contributed by atoms with E-state index < -0.39 is 19.7 Å². The fraction of sp³-hybridized carbons (Fsp3) is 0.750. The van der Waals surface area contributed by atoms with Crippen molar-refractivity contribution in [3.63, 3.8) is 0 Å². The van der Waals surface area contributed by atoms with E-state index in [4.69, 9.17) is 0 Å². The Morgan fingerprint density at radius 2 is 2.56 bits per heavy atom. The normalized spacial score (nSPS) is 26.6. The fourth-order valence-corrected chi connectivity index (χ4v) is 1.20. The summed E-state index contributed by atoms with van der Waals surface area (Å²) < 4.78 is 19.4. The Kier molecular flexibility index (Phi) is 1.78. The lowest BCUT2D eigenvalue weighted by molar-refractivity contribution is -0.156. The molecule has 0 radical (unpaired) electrons. The lowest BCUT2D eigenvalue weighted by Crippen LogP contribution is -2.37. The first-order valence-corrected chi connectivity index (χ1v) is 3.67. The van der Waals surface area contributed by atoms with Crippen molar-refractivity contribution in [1.82, 2.24) is 0 Å². The van der Waals surface area contributed by atoms with Crippen molar-refractivity contribution in [2.24, 2.45) is 0 Å². The first-order valence-electron chi connectivity index (χ1n) is 2.43. The van der Waals surface area contributed by atoms with Crippen LogP contribution in [0.25, 0.3) is 0 Å². The third-order valence-corrected chi connectivity index (χ3v) is 2.32. The van der Waals surface area contributed by atoms with Gasteiger partial charge in [0.05, 0.1) is 7.11 Å². The summed E-state index contributed by atoms with van der Waals surface area (Å²) in [7, 11) is -0.507. The molecule has 0 N–H and O–H groups in total. The second-order valence-electron chi connectivity index (χ2n) is 1.61. The Balaban J connectivity index is 2.44. The average molecular weight is 149 g/mol. The lowest BCUT2D eigenvalue weighted by atomic mass is 10.4. The van der Waals surface area contributed by atoms with Gasteiger partial charge in [0.2, 0.25) is 0 Å². The number of ether oxygens (including phenoxy) is 1. The summed E-state index contributed by atoms with van der Waals surface area (Å²) in [6.07, 6.45) is 0. The van der Waals surface area contributed by atoms with E-state index in [9.17, 15) is 9.36 Å². The summed E-state index contributed by atoms with van der Waals surface area (Å²) in [6.45, 7) is 0.238. The van der Waals surface area contributed by atoms with E-state index in [-0.39, 0.29) is 6.61 Å². The third-order valence-electron chi connectivity index (χ3n) is 1.09. The molecule has 5 heteroatoms. The van der Waals surface area contributed by atoms with Gasteiger partial charge in [-0.2, -0.15) is 0 Å². The Morgan fingerprint density at radius 1 is 1.89 bits per heavy atom. The lowest BCUT2D eigenvalue weighted by Gasteiger charge is -2.13. The number of cyclic esters (lactones) is 1. The molecule has 0 aromatic carbocycles. The zero-order chi connectivity index (χ0) is 6.85. The molecule has 4 nitrogen and oxygen atoms in total. The molecule has 1 rings (SSSR count). The van der Waals surface area contributed by atoms with E-state index in [1.807, 2.05) is 0 Å². The fourth-order valence-electron chi connectivity index (χ4n) is 0.500. The van der Waals surface area contributed by atoms with E-state index in [0.717, 1.165) is 0 Å². The first kappa shape index (κ1) is 6.65. The Bertz CT molecular complexity index is 155. The summed E-state index contributed by atoms with van der Waals surface area (Å²) in [5.41, 5.74) is -0.509. The molecule has 0 aliphatic carbocycles. The van der Waals surface area contributed by atoms with Gasteiger partial charge in [-0.25, -0.2) is 4.79 Å². The van der Waals surface area contributed by atoms with Gasteiger partial charge in [0.15, 0.2) is 6.61 Å². The van der Waals surface area contributed by atoms with Crippen LogP contribution in [-0.4, -0.2) is 25.3 Å². The van der Waals surface area contributed by atoms with E-state index >= 15 is 0 Å². The molecule has 0 aromatic heterocycles. The second-order valence-corrected chi connectivity index (χ2v) is 3.17. The van der Waals surface area contributed by atoms with Crippen LogP contribution in [0.5, 0.6) is 0 Å². The van der Waals surface area contributed by atoms with Gasteiger partial charge in [-0.15, -0.1) is 4.52 Å². The van der Waals surface area contributed by atoms with Gasteiger partial charge >= 0.3 is 19.7 Å². The minimum absolute atomic E-state index is 0.238. The third kappa shape index (κ3) is 1.09. The highest BCUT2D eigenvalue weighted by atomic mass is 31.1. The Morgan fingerprint density at radius 3 is 2.67 bits per heavy atom. The van der Waals surface area contributed by atoms with Gasteiger partial charge in [0.1, 0.15) is 0 Å². The first-order chi connectivity index (χ1) is 4.25. The van der Waals surface area contributed by atoms with E-state index in [0.29, 0.717) is 0 Å². The maximum atomic E-state index is 10.6. The molecule has 2 unspecified atom stereocenters. The van der Waals surface area contributed by atoms with Crippen molar-refractivity contribution in [2.45, 2.75) is 5.66 Å². The summed E-state index contributed by atoms with van der Waals surface area (Å²) >= 11 is 0. The van der Waals surface area contributed by atoms with E-state index in [1.54, 1.807) is 0 Å². The molecule has 9 heavy (non-hydrogen) atoms. The molecule has 0 bridgehead atoms. The van der Waals surface area contributed by atoms with Gasteiger partial charge in [0, 0.05) is 0 Å². The zero-order valence-electron chi connectivity index (χ0n) is 4.86. The molecule has 0 spiro atoms. The standard InChI is InChI=1S/C4H6O4P/c1-7-9(6)3-2-8-4(3)5/h3H,2H2,1H3/q+1. The van der Waals surface area contributed by atoms with Gasteiger partial charge < -0.3 is 4.74 Å². The largest absolute Gasteiger partial charge is 0.526 e. The molecule has 50 valence electrons. The van der Waals surface area contributed by atoms with Crippen LogP contribution in [0.3, 0.4) is 0 Å². The van der Waals surface area contributed by atoms with Crippen molar-refractivity contribution in [1.29, 1.82) is 0 Å². The molecule has 0 aromatic rings. The van der Waals surface area contributed by atoms with Gasteiger partial charge in [-0.1, -0.05) is 0 Å². The van der Waals surface area contributed by atoms with Crippen LogP contribution < -0.4 is 0 Å². The van der Waals surface area contributed by atoms with Gasteiger partial charge in [0.25, 0.3) is 0 Å². The van der Waals surface area contributed by atoms with Gasteiger partial charge in [-0.3, -0.25) is 0 Å². The number of carbonyl (C=O) groups excluding carboxylic acids is 1. The molecule has 1 fully saturated rings. The molecular formula is C4H6O4P+. The smallest absolute Gasteiger partial charge is 0.456 e. The summed E-state index contributed by atoms with van der Waals surface area (Å²) in [5, 5.41) is 0. The van der Waals surface area contributed by atoms with Crippen molar-refractivity contribution in [2.75, 3.05) is 13.7 Å². The van der Waals surface area contributed by atoms with Gasteiger partial charge in [-0.05, 0) is 4.57 Å². The number of rotatable bonds is 2. The van der Waals surface area contributed by atoms with E-state index in [1.165, 1.54) is 7.11 Å². The second kappa shape index (κ2) is 2.42. The van der Waals surface area contributed by atoms with Crippen LogP contribution >= 0.6 is 8.03 Å². The number of hydrogen-bond donors (Lipinski definition) is 0. The number of carbonyl (C=O) groups is 1. The van der Waals surface area contributed by atoms with Crippen LogP contribution in [-0.2, 0) is 18.6 Å². The Labute approximate surface area is 53.0 Å². The quantitative estimate of drug-likeness (QED) is 0.418. The summed E-state index contributed by atoms with van der Waals surface area (Å²) in [4.78, 5) is 10.3.